The van der Waals surface area contributed by atoms with Gasteiger partial charge in [0.2, 0.25) is 0 Å². The molecule has 1 aliphatic rings. The number of benzene rings is 1. The Balaban J connectivity index is 1.40. The summed E-state index contributed by atoms with van der Waals surface area (Å²) in [6.07, 6.45) is 5.48. The number of aliphatic hydroxyl groups excluding tert-OH is 1. The van der Waals surface area contributed by atoms with E-state index in [1.54, 1.807) is 22.0 Å². The fraction of sp³-hybridized carbons (Fsp3) is 0.292. The molecule has 2 N–H and O–H groups in total. The van der Waals surface area contributed by atoms with Crippen LogP contribution >= 0.6 is 11.3 Å². The highest BCUT2D eigenvalue weighted by molar-refractivity contribution is 7.07. The molecule has 0 spiro atoms. The summed E-state index contributed by atoms with van der Waals surface area (Å²) in [5.74, 6) is -0.190. The Morgan fingerprint density at radius 3 is 2.81 bits per heavy atom. The van der Waals surface area contributed by atoms with E-state index < -0.39 is 6.10 Å². The lowest BCUT2D eigenvalue weighted by Gasteiger charge is -2.28. The molecule has 5 rings (SSSR count). The van der Waals surface area contributed by atoms with Crippen LogP contribution in [0.25, 0.3) is 16.8 Å². The van der Waals surface area contributed by atoms with Gasteiger partial charge in [-0.05, 0) is 48.6 Å². The summed E-state index contributed by atoms with van der Waals surface area (Å²) in [5, 5.41) is 19.7. The molecule has 1 amide bonds. The zero-order valence-electron chi connectivity index (χ0n) is 17.1. The summed E-state index contributed by atoms with van der Waals surface area (Å²) >= 11 is 1.59. The fourth-order valence-corrected chi connectivity index (χ4v) is 4.86. The van der Waals surface area contributed by atoms with Crippen molar-refractivity contribution in [2.75, 3.05) is 0 Å². The van der Waals surface area contributed by atoms with Crippen molar-refractivity contribution in [1.82, 2.24) is 19.9 Å². The van der Waals surface area contributed by atoms with Gasteiger partial charge in [-0.3, -0.25) is 4.79 Å². The second-order valence-corrected chi connectivity index (χ2v) is 8.77. The second-order valence-electron chi connectivity index (χ2n) is 8.05. The van der Waals surface area contributed by atoms with Crippen molar-refractivity contribution >= 4 is 22.8 Å². The molecule has 2 atom stereocenters. The third kappa shape index (κ3) is 4.11. The molecule has 158 valence electrons. The number of hydrogen-bond acceptors (Lipinski definition) is 5. The molecule has 31 heavy (non-hydrogen) atoms. The normalized spacial score (nSPS) is 18.9. The standard InChI is InChI=1S/C24H24N4O2S/c29-23-6-2-1-4-19(23)27-24(30)22-13-18(21-5-3-11-26-28(21)22)12-16-7-9-17(10-8-16)20-14-31-15-25-20/h3,5,7-11,13-15,19,23,29H,1-2,4,6,12H2,(H,27,30)/t19-,23-/m0/s1. The molecule has 1 aliphatic carbocycles. The molecular weight excluding hydrogens is 408 g/mol. The van der Waals surface area contributed by atoms with Crippen molar-refractivity contribution < 1.29 is 9.90 Å². The molecule has 0 radical (unpaired) electrons. The molecule has 1 saturated carbocycles. The SMILES string of the molecule is O=C(N[C@H]1CCCC[C@@H]1O)c1cc(Cc2ccc(-c3cscn3)cc2)c2cccnn12. The number of carbonyl (C=O) groups is 1. The fourth-order valence-electron chi connectivity index (χ4n) is 4.30. The predicted octanol–water partition coefficient (Wildman–Crippen LogP) is 4.08. The van der Waals surface area contributed by atoms with Crippen LogP contribution in [0.3, 0.4) is 0 Å². The molecule has 1 aromatic carbocycles. The van der Waals surface area contributed by atoms with Crippen LogP contribution in [-0.4, -0.2) is 37.8 Å². The van der Waals surface area contributed by atoms with Gasteiger partial charge in [0, 0.05) is 17.1 Å². The van der Waals surface area contributed by atoms with Crippen LogP contribution in [0.1, 0.15) is 47.3 Å². The Kier molecular flexibility index (Phi) is 5.53. The number of carbonyl (C=O) groups excluding carboxylic acids is 1. The van der Waals surface area contributed by atoms with Gasteiger partial charge < -0.3 is 10.4 Å². The lowest BCUT2D eigenvalue weighted by atomic mass is 9.92. The van der Waals surface area contributed by atoms with Gasteiger partial charge in [0.05, 0.1) is 28.9 Å². The van der Waals surface area contributed by atoms with Crippen molar-refractivity contribution in [3.05, 3.63) is 76.4 Å². The highest BCUT2D eigenvalue weighted by atomic mass is 32.1. The van der Waals surface area contributed by atoms with Crippen LogP contribution in [0.4, 0.5) is 0 Å². The highest BCUT2D eigenvalue weighted by Crippen LogP contribution is 2.24. The molecule has 0 aliphatic heterocycles. The maximum absolute atomic E-state index is 13.0. The number of amides is 1. The van der Waals surface area contributed by atoms with Crippen LogP contribution in [0.5, 0.6) is 0 Å². The van der Waals surface area contributed by atoms with E-state index in [4.69, 9.17) is 0 Å². The van der Waals surface area contributed by atoms with Crippen molar-refractivity contribution in [1.29, 1.82) is 0 Å². The number of fused-ring (bicyclic) bond motifs is 1. The average molecular weight is 433 g/mol. The maximum atomic E-state index is 13.0. The van der Waals surface area contributed by atoms with Gasteiger partial charge in [0.15, 0.2) is 0 Å². The molecule has 0 saturated heterocycles. The molecule has 1 fully saturated rings. The Hall–Kier alpha value is -3.03. The Bertz CT molecular complexity index is 1180. The van der Waals surface area contributed by atoms with Crippen molar-refractivity contribution in [2.45, 2.75) is 44.2 Å². The molecule has 6 nitrogen and oxygen atoms in total. The molecule has 4 aromatic rings. The predicted molar refractivity (Wildman–Crippen MR) is 121 cm³/mol. The number of hydrogen-bond donors (Lipinski definition) is 2. The molecule has 7 heteroatoms. The molecule has 0 bridgehead atoms. The van der Waals surface area contributed by atoms with Crippen LogP contribution < -0.4 is 5.32 Å². The van der Waals surface area contributed by atoms with E-state index in [1.165, 1.54) is 0 Å². The van der Waals surface area contributed by atoms with Gasteiger partial charge >= 0.3 is 0 Å². The van der Waals surface area contributed by atoms with Crippen molar-refractivity contribution in [3.8, 4) is 11.3 Å². The average Bonchev–Trinajstić information content (AvgIpc) is 3.45. The summed E-state index contributed by atoms with van der Waals surface area (Å²) in [4.78, 5) is 17.4. The second kappa shape index (κ2) is 8.61. The topological polar surface area (TPSA) is 79.5 Å². The van der Waals surface area contributed by atoms with Crippen LogP contribution in [0.15, 0.2) is 59.6 Å². The monoisotopic (exact) mass is 432 g/mol. The lowest BCUT2D eigenvalue weighted by molar-refractivity contribution is 0.0712. The van der Waals surface area contributed by atoms with Crippen LogP contribution in [-0.2, 0) is 6.42 Å². The third-order valence-electron chi connectivity index (χ3n) is 5.97. The number of aromatic nitrogens is 3. The van der Waals surface area contributed by atoms with Crippen LogP contribution in [0.2, 0.25) is 0 Å². The molecule has 0 unspecified atom stereocenters. The van der Waals surface area contributed by atoms with Gasteiger partial charge in [0.25, 0.3) is 5.91 Å². The zero-order valence-corrected chi connectivity index (χ0v) is 17.9. The van der Waals surface area contributed by atoms with E-state index in [0.717, 1.165) is 53.6 Å². The van der Waals surface area contributed by atoms with Gasteiger partial charge in [-0.25, -0.2) is 9.50 Å². The maximum Gasteiger partial charge on any atom is 0.270 e. The summed E-state index contributed by atoms with van der Waals surface area (Å²) in [5.41, 5.74) is 7.54. The van der Waals surface area contributed by atoms with E-state index in [1.807, 2.05) is 29.1 Å². The van der Waals surface area contributed by atoms with E-state index in [9.17, 15) is 9.90 Å². The van der Waals surface area contributed by atoms with Gasteiger partial charge in [0.1, 0.15) is 5.69 Å². The van der Waals surface area contributed by atoms with E-state index in [2.05, 4.69) is 39.7 Å². The molecular formula is C24H24N4O2S. The highest BCUT2D eigenvalue weighted by Gasteiger charge is 2.26. The number of aliphatic hydroxyl groups is 1. The quantitative estimate of drug-likeness (QED) is 0.498. The van der Waals surface area contributed by atoms with Crippen molar-refractivity contribution in [2.24, 2.45) is 0 Å². The van der Waals surface area contributed by atoms with Crippen molar-refractivity contribution in [3.63, 3.8) is 0 Å². The van der Waals surface area contributed by atoms with Gasteiger partial charge in [-0.2, -0.15) is 5.10 Å². The summed E-state index contributed by atoms with van der Waals surface area (Å²) < 4.78 is 1.70. The number of rotatable bonds is 5. The van der Waals surface area contributed by atoms with E-state index in [0.29, 0.717) is 12.1 Å². The Labute approximate surface area is 184 Å². The van der Waals surface area contributed by atoms with Crippen LogP contribution in [0, 0.1) is 0 Å². The smallest absolute Gasteiger partial charge is 0.270 e. The van der Waals surface area contributed by atoms with Gasteiger partial charge in [-0.1, -0.05) is 37.1 Å². The largest absolute Gasteiger partial charge is 0.391 e. The number of nitrogens with zero attached hydrogens (tertiary/aromatic N) is 3. The first-order valence-corrected chi connectivity index (χ1v) is 11.6. The Morgan fingerprint density at radius 1 is 1.19 bits per heavy atom. The van der Waals surface area contributed by atoms with Gasteiger partial charge in [-0.15, -0.1) is 11.3 Å². The minimum atomic E-state index is -0.479. The molecule has 3 aromatic heterocycles. The lowest BCUT2D eigenvalue weighted by Crippen LogP contribution is -2.45. The summed E-state index contributed by atoms with van der Waals surface area (Å²) in [6, 6.07) is 14.0. The number of thiazole rings is 1. The Morgan fingerprint density at radius 2 is 2.03 bits per heavy atom. The summed E-state index contributed by atoms with van der Waals surface area (Å²) in [6.45, 7) is 0. The first-order chi connectivity index (χ1) is 15.2. The minimum Gasteiger partial charge on any atom is -0.391 e. The first kappa shape index (κ1) is 19.9. The van der Waals surface area contributed by atoms with E-state index in [-0.39, 0.29) is 11.9 Å². The number of nitrogens with one attached hydrogen (secondary N) is 1. The summed E-state index contributed by atoms with van der Waals surface area (Å²) in [7, 11) is 0. The molecule has 3 heterocycles. The zero-order chi connectivity index (χ0) is 21.2. The third-order valence-corrected chi connectivity index (χ3v) is 6.56. The minimum absolute atomic E-state index is 0.190. The van der Waals surface area contributed by atoms with E-state index >= 15 is 0 Å². The first-order valence-electron chi connectivity index (χ1n) is 10.6.